The molecule has 0 spiro atoms. The molecular formula is C63H72N8O3. The van der Waals surface area contributed by atoms with E-state index in [2.05, 4.69) is 159 Å². The zero-order valence-electron chi connectivity index (χ0n) is 43.5. The van der Waals surface area contributed by atoms with Gasteiger partial charge in [0.2, 0.25) is 5.91 Å². The van der Waals surface area contributed by atoms with Gasteiger partial charge in [-0.2, -0.15) is 0 Å². The number of benzene rings is 6. The quantitative estimate of drug-likeness (QED) is 0.0464. The number of Topliss-reactive ketones (excluding diaryl/α,β-unsaturated/α-hetero) is 1. The van der Waals surface area contributed by atoms with Crippen LogP contribution in [0.1, 0.15) is 133 Å². The van der Waals surface area contributed by atoms with Gasteiger partial charge >= 0.3 is 0 Å². The topological polar surface area (TPSA) is 129 Å². The lowest BCUT2D eigenvalue weighted by Gasteiger charge is -2.21. The summed E-state index contributed by atoms with van der Waals surface area (Å²) in [6.45, 7) is 11.0. The molecule has 0 fully saturated rings. The highest BCUT2D eigenvalue weighted by molar-refractivity contribution is 5.81. The van der Waals surface area contributed by atoms with Crippen LogP contribution in [0.4, 0.5) is 0 Å². The number of nitrogens with zero attached hydrogens (tertiary/aromatic N) is 6. The summed E-state index contributed by atoms with van der Waals surface area (Å²) in [4.78, 5) is 25.4. The van der Waals surface area contributed by atoms with Crippen molar-refractivity contribution in [3.8, 4) is 0 Å². The van der Waals surface area contributed by atoms with Gasteiger partial charge in [0, 0.05) is 56.6 Å². The molecule has 0 aliphatic heterocycles. The van der Waals surface area contributed by atoms with Gasteiger partial charge in [0.25, 0.3) is 0 Å². The van der Waals surface area contributed by atoms with E-state index < -0.39 is 0 Å². The number of aromatic nitrogens is 6. The third-order valence-electron chi connectivity index (χ3n) is 13.7. The summed E-state index contributed by atoms with van der Waals surface area (Å²) in [7, 11) is 0. The summed E-state index contributed by atoms with van der Waals surface area (Å²) in [5, 5.41) is 24.7. The summed E-state index contributed by atoms with van der Waals surface area (Å²) in [6.07, 6.45) is 10.1. The number of amides is 1. The van der Waals surface area contributed by atoms with E-state index in [0.29, 0.717) is 26.2 Å². The maximum absolute atomic E-state index is 12.8. The van der Waals surface area contributed by atoms with Crippen molar-refractivity contribution in [2.45, 2.75) is 117 Å². The highest BCUT2D eigenvalue weighted by atomic mass is 16.5. The lowest BCUT2D eigenvalue weighted by atomic mass is 9.84. The minimum Gasteiger partial charge on any atom is -0.375 e. The van der Waals surface area contributed by atoms with Crippen LogP contribution in [0.5, 0.6) is 0 Å². The van der Waals surface area contributed by atoms with E-state index in [-0.39, 0.29) is 41.5 Å². The number of aryl methyl sites for hydroxylation is 5. The van der Waals surface area contributed by atoms with Crippen molar-refractivity contribution in [1.82, 2.24) is 40.6 Å². The van der Waals surface area contributed by atoms with Crippen LogP contribution in [0, 0.1) is 11.8 Å². The number of ether oxygens (including phenoxy) is 1. The van der Waals surface area contributed by atoms with Crippen LogP contribution in [0.3, 0.4) is 0 Å². The standard InChI is InChI=1S/C63H72N8O3/c1-46(2)60(72)41-59(51-20-8-5-9-21-51)52-32-26-48(27-33-52)17-14-38-70-43-57(66-68-70)42-64-61(53-22-10-6-11-23-53)55-34-28-50(29-35-55)19-16-40-74-45-58-44-71(69-67-58)39-15-18-49-30-36-56(37-31-49)62(65-63(73)47(3)4)54-24-12-7-13-25-54/h5-13,20-37,43-44,46-47,59,61-62,64H,14-19,38-42,45H2,1-4H3,(H,65,73). The normalized spacial score (nSPS) is 12.7. The molecule has 8 aromatic rings. The van der Waals surface area contributed by atoms with E-state index >= 15 is 0 Å². The molecule has 1 amide bonds. The zero-order valence-corrected chi connectivity index (χ0v) is 43.5. The Kier molecular flexibility index (Phi) is 19.4. The molecule has 3 atom stereocenters. The molecule has 0 saturated carbocycles. The van der Waals surface area contributed by atoms with Crippen molar-refractivity contribution in [2.75, 3.05) is 6.61 Å². The number of carbonyl (C=O) groups excluding carboxylic acids is 2. The highest BCUT2D eigenvalue weighted by Gasteiger charge is 2.21. The summed E-state index contributed by atoms with van der Waals surface area (Å²) < 4.78 is 9.87. The van der Waals surface area contributed by atoms with E-state index in [9.17, 15) is 9.59 Å². The van der Waals surface area contributed by atoms with Crippen molar-refractivity contribution in [1.29, 1.82) is 0 Å². The first-order chi connectivity index (χ1) is 36.1. The first kappa shape index (κ1) is 53.0. The molecular weight excluding hydrogens is 917 g/mol. The van der Waals surface area contributed by atoms with E-state index in [1.165, 1.54) is 38.9 Å². The van der Waals surface area contributed by atoms with Crippen LogP contribution in [0.2, 0.25) is 0 Å². The van der Waals surface area contributed by atoms with Gasteiger partial charge < -0.3 is 15.4 Å². The fraction of sp³-hybridized carbons (Fsp3) is 0.333. The second-order valence-corrected chi connectivity index (χ2v) is 20.1. The predicted octanol–water partition coefficient (Wildman–Crippen LogP) is 11.8. The van der Waals surface area contributed by atoms with Gasteiger partial charge in [0.15, 0.2) is 0 Å². The molecule has 11 nitrogen and oxygen atoms in total. The Hall–Kier alpha value is -7.34. The number of nitrogens with one attached hydrogen (secondary N) is 2. The van der Waals surface area contributed by atoms with Crippen LogP contribution in [-0.2, 0) is 59.8 Å². The minimum absolute atomic E-state index is 0.00369. The molecule has 6 aromatic carbocycles. The minimum atomic E-state index is -0.187. The molecule has 8 rings (SSSR count). The van der Waals surface area contributed by atoms with Gasteiger partial charge in [0.1, 0.15) is 11.5 Å². The Balaban J connectivity index is 0.745. The first-order valence-corrected chi connectivity index (χ1v) is 26.5. The maximum atomic E-state index is 12.8. The Labute approximate surface area is 437 Å². The lowest BCUT2D eigenvalue weighted by molar-refractivity contribution is -0.124. The summed E-state index contributed by atoms with van der Waals surface area (Å²) in [5.41, 5.74) is 12.4. The van der Waals surface area contributed by atoms with E-state index in [4.69, 9.17) is 4.74 Å². The van der Waals surface area contributed by atoms with Crippen LogP contribution < -0.4 is 10.6 Å². The van der Waals surface area contributed by atoms with E-state index in [1.807, 2.05) is 85.9 Å². The van der Waals surface area contributed by atoms with Gasteiger partial charge in [-0.1, -0.05) is 202 Å². The Bertz CT molecular complexity index is 2920. The van der Waals surface area contributed by atoms with Crippen molar-refractivity contribution < 1.29 is 14.3 Å². The third-order valence-corrected chi connectivity index (χ3v) is 13.7. The average Bonchev–Trinajstić information content (AvgIpc) is 4.10. The molecule has 2 heterocycles. The van der Waals surface area contributed by atoms with Gasteiger partial charge in [-0.05, 0) is 88.6 Å². The summed E-state index contributed by atoms with van der Waals surface area (Å²) >= 11 is 0. The molecule has 0 aliphatic rings. The molecule has 3 unspecified atom stereocenters. The second kappa shape index (κ2) is 27.1. The Morgan fingerprint density at radius 1 is 0.500 bits per heavy atom. The van der Waals surface area contributed by atoms with E-state index in [0.717, 1.165) is 74.1 Å². The fourth-order valence-corrected chi connectivity index (χ4v) is 9.30. The number of carbonyl (C=O) groups is 2. The smallest absolute Gasteiger partial charge is 0.223 e. The Morgan fingerprint density at radius 2 is 0.932 bits per heavy atom. The van der Waals surface area contributed by atoms with Crippen LogP contribution in [0.15, 0.2) is 176 Å². The average molecular weight is 989 g/mol. The highest BCUT2D eigenvalue weighted by Crippen LogP contribution is 2.30. The second-order valence-electron chi connectivity index (χ2n) is 20.1. The van der Waals surface area contributed by atoms with Crippen LogP contribution in [0.25, 0.3) is 0 Å². The molecule has 11 heteroatoms. The van der Waals surface area contributed by atoms with Crippen molar-refractivity contribution in [2.24, 2.45) is 11.8 Å². The number of hydrogen-bond acceptors (Lipinski definition) is 8. The zero-order chi connectivity index (χ0) is 51.5. The predicted molar refractivity (Wildman–Crippen MR) is 293 cm³/mol. The summed E-state index contributed by atoms with van der Waals surface area (Å²) in [6, 6.07) is 57.1. The van der Waals surface area contributed by atoms with Crippen LogP contribution in [-0.4, -0.2) is 48.3 Å². The van der Waals surface area contributed by atoms with Crippen molar-refractivity contribution in [3.63, 3.8) is 0 Å². The fourth-order valence-electron chi connectivity index (χ4n) is 9.30. The molecule has 0 saturated heterocycles. The first-order valence-electron chi connectivity index (χ1n) is 26.5. The SMILES string of the molecule is CC(C)C(=O)CC(c1ccccc1)c1ccc(CCCn2cc(CNC(c3ccccc3)c3ccc(CCCOCc4cn(CCCc5ccc(C(NC(=O)C(C)C)c6ccccc6)cc5)nn4)cc3)nn2)cc1. The molecule has 74 heavy (non-hydrogen) atoms. The number of ketones is 1. The monoisotopic (exact) mass is 989 g/mol. The molecule has 2 N–H and O–H groups in total. The number of rotatable bonds is 28. The van der Waals surface area contributed by atoms with Crippen molar-refractivity contribution >= 4 is 11.7 Å². The molecule has 0 aliphatic carbocycles. The van der Waals surface area contributed by atoms with Gasteiger partial charge in [-0.25, -0.2) is 0 Å². The van der Waals surface area contributed by atoms with Gasteiger partial charge in [-0.15, -0.1) is 10.2 Å². The third kappa shape index (κ3) is 15.6. The number of hydrogen-bond donors (Lipinski definition) is 2. The molecule has 0 radical (unpaired) electrons. The molecule has 382 valence electrons. The van der Waals surface area contributed by atoms with Gasteiger partial charge in [-0.3, -0.25) is 19.0 Å². The van der Waals surface area contributed by atoms with Gasteiger partial charge in [0.05, 0.1) is 30.6 Å². The molecule has 2 aromatic heterocycles. The Morgan fingerprint density at radius 3 is 1.46 bits per heavy atom. The maximum Gasteiger partial charge on any atom is 0.223 e. The largest absolute Gasteiger partial charge is 0.375 e. The lowest BCUT2D eigenvalue weighted by Crippen LogP contribution is -2.32. The van der Waals surface area contributed by atoms with Crippen molar-refractivity contribution in [3.05, 3.63) is 238 Å². The summed E-state index contributed by atoms with van der Waals surface area (Å²) in [5.74, 6) is 0.311. The molecule has 0 bridgehead atoms. The van der Waals surface area contributed by atoms with E-state index in [1.54, 1.807) is 0 Å². The van der Waals surface area contributed by atoms with Crippen LogP contribution >= 0.6 is 0 Å².